The molecule has 0 radical (unpaired) electrons. The molecule has 1 aromatic heterocycles. The number of ether oxygens (including phenoxy) is 2. The largest absolute Gasteiger partial charge is 0.497 e. The standard InChI is InChI=1S/C15H15N3O2/c1-19-11-4-2-10(3-5-11)9-20-12-6-7-13-14(8-12)17-18-15(13)16/h2-8H,9H2,1H3,(H3,16,17,18). The van der Waals surface area contributed by atoms with E-state index in [1.165, 1.54) is 0 Å². The van der Waals surface area contributed by atoms with Crippen LogP contribution in [0.2, 0.25) is 0 Å². The number of nitrogen functional groups attached to an aromatic ring is 1. The summed E-state index contributed by atoms with van der Waals surface area (Å²) in [4.78, 5) is 0. The average molecular weight is 269 g/mol. The highest BCUT2D eigenvalue weighted by Gasteiger charge is 2.04. The number of fused-ring (bicyclic) bond motifs is 1. The van der Waals surface area contributed by atoms with Gasteiger partial charge in [-0.3, -0.25) is 5.10 Å². The smallest absolute Gasteiger partial charge is 0.126 e. The molecule has 0 saturated carbocycles. The molecular formula is C15H15N3O2. The summed E-state index contributed by atoms with van der Waals surface area (Å²) in [6, 6.07) is 13.4. The summed E-state index contributed by atoms with van der Waals surface area (Å²) in [5.41, 5.74) is 7.62. The van der Waals surface area contributed by atoms with Crippen molar-refractivity contribution in [2.45, 2.75) is 6.61 Å². The van der Waals surface area contributed by atoms with Crippen molar-refractivity contribution >= 4 is 16.7 Å². The van der Waals surface area contributed by atoms with Crippen molar-refractivity contribution in [3.63, 3.8) is 0 Å². The van der Waals surface area contributed by atoms with E-state index in [1.807, 2.05) is 42.5 Å². The van der Waals surface area contributed by atoms with Gasteiger partial charge in [0.05, 0.1) is 12.6 Å². The summed E-state index contributed by atoms with van der Waals surface area (Å²) in [7, 11) is 1.65. The lowest BCUT2D eigenvalue weighted by Gasteiger charge is -2.07. The third-order valence-corrected chi connectivity index (χ3v) is 3.12. The number of benzene rings is 2. The zero-order valence-electron chi connectivity index (χ0n) is 11.1. The third kappa shape index (κ3) is 2.38. The van der Waals surface area contributed by atoms with Crippen molar-refractivity contribution in [2.75, 3.05) is 12.8 Å². The summed E-state index contributed by atoms with van der Waals surface area (Å²) in [5, 5.41) is 7.76. The molecule has 20 heavy (non-hydrogen) atoms. The lowest BCUT2D eigenvalue weighted by atomic mass is 10.2. The molecule has 0 unspecified atom stereocenters. The van der Waals surface area contributed by atoms with E-state index in [0.29, 0.717) is 12.4 Å². The molecule has 0 saturated heterocycles. The maximum Gasteiger partial charge on any atom is 0.126 e. The Morgan fingerprint density at radius 1 is 1.10 bits per heavy atom. The van der Waals surface area contributed by atoms with Gasteiger partial charge in [-0.25, -0.2) is 0 Å². The van der Waals surface area contributed by atoms with Crippen LogP contribution in [0.15, 0.2) is 42.5 Å². The molecule has 0 amide bonds. The van der Waals surface area contributed by atoms with E-state index in [1.54, 1.807) is 7.11 Å². The van der Waals surface area contributed by atoms with Crippen LogP contribution in [0.3, 0.4) is 0 Å². The minimum atomic E-state index is 0.495. The molecule has 0 aliphatic carbocycles. The fraction of sp³-hybridized carbons (Fsp3) is 0.133. The number of hydrogen-bond donors (Lipinski definition) is 2. The third-order valence-electron chi connectivity index (χ3n) is 3.12. The number of nitrogens with zero attached hydrogens (tertiary/aromatic N) is 1. The molecular weight excluding hydrogens is 254 g/mol. The van der Waals surface area contributed by atoms with Crippen molar-refractivity contribution < 1.29 is 9.47 Å². The van der Waals surface area contributed by atoms with Crippen LogP contribution in [-0.4, -0.2) is 17.3 Å². The highest BCUT2D eigenvalue weighted by atomic mass is 16.5. The first-order valence-electron chi connectivity index (χ1n) is 6.25. The number of aromatic amines is 1. The average Bonchev–Trinajstić information content (AvgIpc) is 2.87. The van der Waals surface area contributed by atoms with Gasteiger partial charge in [0.15, 0.2) is 0 Å². The molecule has 5 nitrogen and oxygen atoms in total. The van der Waals surface area contributed by atoms with Crippen molar-refractivity contribution in [3.05, 3.63) is 48.0 Å². The fourth-order valence-corrected chi connectivity index (χ4v) is 1.99. The van der Waals surface area contributed by atoms with Crippen LogP contribution in [0, 0.1) is 0 Å². The van der Waals surface area contributed by atoms with E-state index in [-0.39, 0.29) is 0 Å². The minimum absolute atomic E-state index is 0.495. The zero-order chi connectivity index (χ0) is 13.9. The van der Waals surface area contributed by atoms with Crippen LogP contribution in [0.25, 0.3) is 10.9 Å². The Labute approximate surface area is 116 Å². The van der Waals surface area contributed by atoms with Gasteiger partial charge in [-0.2, -0.15) is 5.10 Å². The fourth-order valence-electron chi connectivity index (χ4n) is 1.99. The molecule has 2 aromatic carbocycles. The van der Waals surface area contributed by atoms with E-state index < -0.39 is 0 Å². The van der Waals surface area contributed by atoms with E-state index in [0.717, 1.165) is 28.0 Å². The molecule has 0 bridgehead atoms. The normalized spacial score (nSPS) is 10.7. The lowest BCUT2D eigenvalue weighted by molar-refractivity contribution is 0.306. The number of nitrogens with one attached hydrogen (secondary N) is 1. The van der Waals surface area contributed by atoms with Gasteiger partial charge in [-0.05, 0) is 29.8 Å². The molecule has 5 heteroatoms. The number of H-pyrrole nitrogens is 1. The quantitative estimate of drug-likeness (QED) is 0.763. The Balaban J connectivity index is 1.72. The monoisotopic (exact) mass is 269 g/mol. The van der Waals surface area contributed by atoms with Crippen molar-refractivity contribution in [3.8, 4) is 11.5 Å². The SMILES string of the molecule is COc1ccc(COc2ccc3c(N)[nH]nc3c2)cc1. The maximum atomic E-state index is 5.75. The number of rotatable bonds is 4. The summed E-state index contributed by atoms with van der Waals surface area (Å²) < 4.78 is 10.9. The topological polar surface area (TPSA) is 73.2 Å². The summed E-state index contributed by atoms with van der Waals surface area (Å²) in [6.45, 7) is 0.495. The van der Waals surface area contributed by atoms with Gasteiger partial charge >= 0.3 is 0 Å². The summed E-state index contributed by atoms with van der Waals surface area (Å²) in [6.07, 6.45) is 0. The van der Waals surface area contributed by atoms with E-state index in [9.17, 15) is 0 Å². The second-order valence-corrected chi connectivity index (χ2v) is 4.45. The molecule has 0 atom stereocenters. The van der Waals surface area contributed by atoms with Crippen LogP contribution in [0.1, 0.15) is 5.56 Å². The van der Waals surface area contributed by atoms with Gasteiger partial charge in [0.2, 0.25) is 0 Å². The predicted molar refractivity (Wildman–Crippen MR) is 77.8 cm³/mol. The van der Waals surface area contributed by atoms with Crippen LogP contribution < -0.4 is 15.2 Å². The molecule has 3 N–H and O–H groups in total. The molecule has 1 heterocycles. The van der Waals surface area contributed by atoms with Gasteiger partial charge in [0.1, 0.15) is 23.9 Å². The first-order chi connectivity index (χ1) is 9.76. The predicted octanol–water partition coefficient (Wildman–Crippen LogP) is 2.73. The molecule has 0 fully saturated rings. The van der Waals surface area contributed by atoms with Gasteiger partial charge in [0, 0.05) is 11.5 Å². The van der Waals surface area contributed by atoms with E-state index in [2.05, 4.69) is 10.2 Å². The number of nitrogens with two attached hydrogens (primary N) is 1. The summed E-state index contributed by atoms with van der Waals surface area (Å²) in [5.74, 6) is 2.17. The van der Waals surface area contributed by atoms with Crippen LogP contribution in [0.5, 0.6) is 11.5 Å². The molecule has 0 aliphatic heterocycles. The molecule has 3 rings (SSSR count). The first kappa shape index (κ1) is 12.3. The Kier molecular flexibility index (Phi) is 3.16. The highest BCUT2D eigenvalue weighted by Crippen LogP contribution is 2.23. The van der Waals surface area contributed by atoms with E-state index in [4.69, 9.17) is 15.2 Å². The Bertz CT molecular complexity index is 720. The van der Waals surface area contributed by atoms with Gasteiger partial charge < -0.3 is 15.2 Å². The Morgan fingerprint density at radius 2 is 1.85 bits per heavy atom. The lowest BCUT2D eigenvalue weighted by Crippen LogP contribution is -1.95. The van der Waals surface area contributed by atoms with Crippen LogP contribution >= 0.6 is 0 Å². The highest BCUT2D eigenvalue weighted by molar-refractivity contribution is 5.89. The number of methoxy groups -OCH3 is 1. The first-order valence-corrected chi connectivity index (χ1v) is 6.25. The number of aromatic nitrogens is 2. The van der Waals surface area contributed by atoms with Crippen LogP contribution in [0.4, 0.5) is 5.82 Å². The van der Waals surface area contributed by atoms with Crippen molar-refractivity contribution in [2.24, 2.45) is 0 Å². The van der Waals surface area contributed by atoms with Gasteiger partial charge in [-0.15, -0.1) is 0 Å². The summed E-state index contributed by atoms with van der Waals surface area (Å²) >= 11 is 0. The molecule has 0 aliphatic rings. The molecule has 102 valence electrons. The molecule has 3 aromatic rings. The van der Waals surface area contributed by atoms with E-state index >= 15 is 0 Å². The van der Waals surface area contributed by atoms with Gasteiger partial charge in [0.25, 0.3) is 0 Å². The zero-order valence-corrected chi connectivity index (χ0v) is 11.1. The number of hydrogen-bond acceptors (Lipinski definition) is 4. The Morgan fingerprint density at radius 3 is 2.60 bits per heavy atom. The van der Waals surface area contributed by atoms with Gasteiger partial charge in [-0.1, -0.05) is 12.1 Å². The maximum absolute atomic E-state index is 5.75. The van der Waals surface area contributed by atoms with Crippen LogP contribution in [-0.2, 0) is 6.61 Å². The second kappa shape index (κ2) is 5.13. The van der Waals surface area contributed by atoms with Crippen molar-refractivity contribution in [1.29, 1.82) is 0 Å². The Hall–Kier alpha value is -2.69. The minimum Gasteiger partial charge on any atom is -0.497 e. The van der Waals surface area contributed by atoms with Crippen molar-refractivity contribution in [1.82, 2.24) is 10.2 Å². The second-order valence-electron chi connectivity index (χ2n) is 4.45. The molecule has 0 spiro atoms. The number of anilines is 1.